The van der Waals surface area contributed by atoms with Gasteiger partial charge >= 0.3 is 0 Å². The number of nitrogens with zero attached hydrogens (tertiary/aromatic N) is 1. The first kappa shape index (κ1) is 12.6. The van der Waals surface area contributed by atoms with Crippen molar-refractivity contribution in [1.82, 2.24) is 4.90 Å². The lowest BCUT2D eigenvalue weighted by molar-refractivity contribution is -0.110. The molecule has 92 valence electrons. The first-order chi connectivity index (χ1) is 8.20. The summed E-state index contributed by atoms with van der Waals surface area (Å²) in [6.07, 6.45) is 3.30. The molecule has 0 amide bonds. The third-order valence-electron chi connectivity index (χ3n) is 3.67. The minimum atomic E-state index is 0.0287. The lowest BCUT2D eigenvalue weighted by atomic mass is 9.81. The van der Waals surface area contributed by atoms with Gasteiger partial charge in [0.05, 0.1) is 0 Å². The van der Waals surface area contributed by atoms with E-state index >= 15 is 0 Å². The molecule has 1 aromatic rings. The first-order valence-electron chi connectivity index (χ1n) is 6.10. The highest BCUT2D eigenvalue weighted by molar-refractivity contribution is 6.30. The van der Waals surface area contributed by atoms with E-state index in [1.54, 1.807) is 0 Å². The Morgan fingerprint density at radius 3 is 2.41 bits per heavy atom. The summed E-state index contributed by atoms with van der Waals surface area (Å²) in [5, 5.41) is 0.724. The molecule has 0 spiro atoms. The van der Waals surface area contributed by atoms with E-state index in [4.69, 9.17) is 11.6 Å². The lowest BCUT2D eigenvalue weighted by Crippen LogP contribution is -2.33. The Bertz CT molecular complexity index is 368. The van der Waals surface area contributed by atoms with Crippen LogP contribution in [0.25, 0.3) is 0 Å². The monoisotopic (exact) mass is 251 g/mol. The van der Waals surface area contributed by atoms with Crippen molar-refractivity contribution in [2.75, 3.05) is 20.1 Å². The molecule has 2 rings (SSSR count). The van der Waals surface area contributed by atoms with Crippen LogP contribution < -0.4 is 0 Å². The Balaban J connectivity index is 2.10. The highest BCUT2D eigenvalue weighted by atomic mass is 35.5. The normalized spacial score (nSPS) is 20.1. The standard InChI is InChI=1S/C14H18ClNO/c1-16-8-6-12(7-9-16)14(10-17)11-2-4-13(15)5-3-11/h2-5,10,12,14H,6-9H2,1H3. The number of halogens is 1. The predicted molar refractivity (Wildman–Crippen MR) is 70.5 cm³/mol. The van der Waals surface area contributed by atoms with Gasteiger partial charge in [-0.15, -0.1) is 0 Å². The zero-order valence-electron chi connectivity index (χ0n) is 10.1. The Morgan fingerprint density at radius 2 is 1.88 bits per heavy atom. The van der Waals surface area contributed by atoms with Crippen LogP contribution in [-0.4, -0.2) is 31.3 Å². The van der Waals surface area contributed by atoms with Crippen LogP contribution in [0, 0.1) is 5.92 Å². The third-order valence-corrected chi connectivity index (χ3v) is 3.92. The first-order valence-corrected chi connectivity index (χ1v) is 6.48. The topological polar surface area (TPSA) is 20.3 Å². The number of benzene rings is 1. The molecule has 1 fully saturated rings. The molecular formula is C14H18ClNO. The molecule has 0 aliphatic carbocycles. The molecular weight excluding hydrogens is 234 g/mol. The van der Waals surface area contributed by atoms with E-state index in [1.807, 2.05) is 24.3 Å². The van der Waals surface area contributed by atoms with Crippen LogP contribution in [0.5, 0.6) is 0 Å². The summed E-state index contributed by atoms with van der Waals surface area (Å²) in [4.78, 5) is 13.6. The molecule has 3 heteroatoms. The average Bonchev–Trinajstić information content (AvgIpc) is 2.35. The van der Waals surface area contributed by atoms with Crippen LogP contribution in [0.1, 0.15) is 24.3 Å². The molecule has 0 saturated carbocycles. The molecule has 1 heterocycles. The molecule has 17 heavy (non-hydrogen) atoms. The molecule has 1 aromatic carbocycles. The summed E-state index contributed by atoms with van der Waals surface area (Å²) >= 11 is 5.87. The Hall–Kier alpha value is -0.860. The quantitative estimate of drug-likeness (QED) is 0.770. The van der Waals surface area contributed by atoms with Crippen molar-refractivity contribution >= 4 is 17.9 Å². The van der Waals surface area contributed by atoms with E-state index in [-0.39, 0.29) is 5.92 Å². The van der Waals surface area contributed by atoms with E-state index in [0.29, 0.717) is 5.92 Å². The zero-order valence-corrected chi connectivity index (χ0v) is 10.9. The second-order valence-electron chi connectivity index (χ2n) is 4.85. The number of carbonyl (C=O) groups excluding carboxylic acids is 1. The van der Waals surface area contributed by atoms with Gasteiger partial charge in [0.15, 0.2) is 0 Å². The van der Waals surface area contributed by atoms with Gasteiger partial charge in [-0.05, 0) is 56.6 Å². The van der Waals surface area contributed by atoms with Crippen LogP contribution >= 0.6 is 11.6 Å². The molecule has 1 aliphatic heterocycles. The van der Waals surface area contributed by atoms with Gasteiger partial charge in [0, 0.05) is 10.9 Å². The number of hydrogen-bond acceptors (Lipinski definition) is 2. The highest BCUT2D eigenvalue weighted by Gasteiger charge is 2.26. The van der Waals surface area contributed by atoms with Crippen molar-refractivity contribution in [1.29, 1.82) is 0 Å². The second kappa shape index (κ2) is 5.65. The number of likely N-dealkylation sites (tertiary alicyclic amines) is 1. The molecule has 0 bridgehead atoms. The van der Waals surface area contributed by atoms with Gasteiger partial charge in [-0.2, -0.15) is 0 Å². The molecule has 1 atom stereocenters. The van der Waals surface area contributed by atoms with E-state index in [2.05, 4.69) is 11.9 Å². The van der Waals surface area contributed by atoms with Crippen molar-refractivity contribution in [3.8, 4) is 0 Å². The van der Waals surface area contributed by atoms with E-state index in [0.717, 1.165) is 42.8 Å². The second-order valence-corrected chi connectivity index (χ2v) is 5.29. The smallest absolute Gasteiger partial charge is 0.127 e. The maximum absolute atomic E-state index is 11.3. The summed E-state index contributed by atoms with van der Waals surface area (Å²) in [5.74, 6) is 0.505. The van der Waals surface area contributed by atoms with Crippen molar-refractivity contribution in [3.63, 3.8) is 0 Å². The van der Waals surface area contributed by atoms with Crippen LogP contribution in [0.4, 0.5) is 0 Å². The maximum Gasteiger partial charge on any atom is 0.127 e. The summed E-state index contributed by atoms with van der Waals surface area (Å²) < 4.78 is 0. The highest BCUT2D eigenvalue weighted by Crippen LogP contribution is 2.31. The van der Waals surface area contributed by atoms with Gasteiger partial charge in [-0.1, -0.05) is 23.7 Å². The van der Waals surface area contributed by atoms with Crippen molar-refractivity contribution in [2.45, 2.75) is 18.8 Å². The largest absolute Gasteiger partial charge is 0.306 e. The molecule has 1 aliphatic rings. The van der Waals surface area contributed by atoms with Crippen LogP contribution in [-0.2, 0) is 4.79 Å². The Morgan fingerprint density at radius 1 is 1.29 bits per heavy atom. The van der Waals surface area contributed by atoms with Crippen molar-refractivity contribution in [2.24, 2.45) is 5.92 Å². The number of carbonyl (C=O) groups is 1. The minimum Gasteiger partial charge on any atom is -0.306 e. The van der Waals surface area contributed by atoms with Gasteiger partial charge in [-0.3, -0.25) is 0 Å². The number of aldehydes is 1. The Labute approximate surface area is 108 Å². The van der Waals surface area contributed by atoms with Crippen LogP contribution in [0.2, 0.25) is 5.02 Å². The molecule has 2 nitrogen and oxygen atoms in total. The van der Waals surface area contributed by atoms with E-state index in [1.165, 1.54) is 0 Å². The lowest BCUT2D eigenvalue weighted by Gasteiger charge is -2.32. The van der Waals surface area contributed by atoms with Crippen LogP contribution in [0.15, 0.2) is 24.3 Å². The van der Waals surface area contributed by atoms with E-state index in [9.17, 15) is 4.79 Å². The number of rotatable bonds is 3. The van der Waals surface area contributed by atoms with Crippen molar-refractivity contribution in [3.05, 3.63) is 34.9 Å². The van der Waals surface area contributed by atoms with Gasteiger partial charge in [0.1, 0.15) is 6.29 Å². The SMILES string of the molecule is CN1CCC(C(C=O)c2ccc(Cl)cc2)CC1. The summed E-state index contributed by atoms with van der Waals surface area (Å²) in [7, 11) is 2.13. The fourth-order valence-corrected chi connectivity index (χ4v) is 2.66. The fourth-order valence-electron chi connectivity index (χ4n) is 2.53. The van der Waals surface area contributed by atoms with Gasteiger partial charge < -0.3 is 9.69 Å². The zero-order chi connectivity index (χ0) is 12.3. The van der Waals surface area contributed by atoms with Gasteiger partial charge in [0.2, 0.25) is 0 Å². The minimum absolute atomic E-state index is 0.0287. The fraction of sp³-hybridized carbons (Fsp3) is 0.500. The maximum atomic E-state index is 11.3. The molecule has 1 saturated heterocycles. The summed E-state index contributed by atoms with van der Waals surface area (Å²) in [6.45, 7) is 2.17. The summed E-state index contributed by atoms with van der Waals surface area (Å²) in [5.41, 5.74) is 1.10. The average molecular weight is 252 g/mol. The number of hydrogen-bond donors (Lipinski definition) is 0. The van der Waals surface area contributed by atoms with Gasteiger partial charge in [-0.25, -0.2) is 0 Å². The molecule has 1 unspecified atom stereocenters. The summed E-state index contributed by atoms with van der Waals surface area (Å²) in [6, 6.07) is 7.67. The molecule has 0 radical (unpaired) electrons. The van der Waals surface area contributed by atoms with Crippen LogP contribution in [0.3, 0.4) is 0 Å². The Kier molecular flexibility index (Phi) is 4.19. The number of piperidine rings is 1. The molecule has 0 N–H and O–H groups in total. The third kappa shape index (κ3) is 3.08. The van der Waals surface area contributed by atoms with E-state index < -0.39 is 0 Å². The predicted octanol–water partition coefficient (Wildman–Crippen LogP) is 2.96. The van der Waals surface area contributed by atoms with Gasteiger partial charge in [0.25, 0.3) is 0 Å². The van der Waals surface area contributed by atoms with Crippen molar-refractivity contribution < 1.29 is 4.79 Å². The molecule has 0 aromatic heterocycles.